The van der Waals surface area contributed by atoms with Crippen molar-refractivity contribution in [2.75, 3.05) is 19.6 Å². The molecule has 4 rings (SSSR count). The van der Waals surface area contributed by atoms with Gasteiger partial charge < -0.3 is 10.6 Å². The van der Waals surface area contributed by atoms with E-state index in [0.717, 1.165) is 49.3 Å². The Hall–Kier alpha value is -2.40. The zero-order chi connectivity index (χ0) is 16.4. The predicted molar refractivity (Wildman–Crippen MR) is 93.4 cm³/mol. The molecule has 2 N–H and O–H groups in total. The normalized spacial score (nSPS) is 17.4. The highest BCUT2D eigenvalue weighted by molar-refractivity contribution is 5.95. The van der Waals surface area contributed by atoms with Gasteiger partial charge in [0.25, 0.3) is 5.91 Å². The highest BCUT2D eigenvalue weighted by atomic mass is 16.1. The Morgan fingerprint density at radius 2 is 2.12 bits per heavy atom. The number of carbonyl (C=O) groups excluding carboxylic acids is 1. The molecule has 0 saturated heterocycles. The van der Waals surface area contributed by atoms with Gasteiger partial charge in [-0.1, -0.05) is 29.8 Å². The fraction of sp³-hybridized carbons (Fsp3) is 0.368. The third-order valence-corrected chi connectivity index (χ3v) is 4.65. The van der Waals surface area contributed by atoms with Gasteiger partial charge in [-0.05, 0) is 37.9 Å². The maximum Gasteiger partial charge on any atom is 0.255 e. The maximum atomic E-state index is 12.7. The molecule has 0 unspecified atom stereocenters. The number of amides is 1. The lowest BCUT2D eigenvalue weighted by molar-refractivity contribution is 0.0955. The summed E-state index contributed by atoms with van der Waals surface area (Å²) >= 11 is 0. The second-order valence-electron chi connectivity index (χ2n) is 6.46. The first-order valence-electron chi connectivity index (χ1n) is 8.63. The van der Waals surface area contributed by atoms with Gasteiger partial charge in [0.15, 0.2) is 0 Å². The summed E-state index contributed by atoms with van der Waals surface area (Å²) in [5.41, 5.74) is 4.08. The first-order valence-corrected chi connectivity index (χ1v) is 8.63. The van der Waals surface area contributed by atoms with Crippen molar-refractivity contribution >= 4 is 5.91 Å². The van der Waals surface area contributed by atoms with Gasteiger partial charge in [-0.15, -0.1) is 0 Å². The lowest BCUT2D eigenvalue weighted by Crippen LogP contribution is -2.30. The summed E-state index contributed by atoms with van der Waals surface area (Å²) < 4.78 is 1.93. The Labute approximate surface area is 141 Å². The summed E-state index contributed by atoms with van der Waals surface area (Å²) in [7, 11) is 0. The monoisotopic (exact) mass is 322 g/mol. The van der Waals surface area contributed by atoms with E-state index in [1.165, 1.54) is 5.57 Å². The van der Waals surface area contributed by atoms with E-state index >= 15 is 0 Å². The van der Waals surface area contributed by atoms with Crippen molar-refractivity contribution in [2.24, 2.45) is 0 Å². The molecule has 2 aromatic rings. The number of nitrogens with one attached hydrogen (secondary N) is 2. The van der Waals surface area contributed by atoms with Crippen LogP contribution in [-0.2, 0) is 0 Å². The smallest absolute Gasteiger partial charge is 0.255 e. The van der Waals surface area contributed by atoms with Crippen LogP contribution < -0.4 is 10.6 Å². The standard InChI is InChI=1S/C19H22N4O/c24-19(21-12-14-8-10-20-11-9-14)17-13-22-23(18(17)15-6-7-15)16-4-2-1-3-5-16/h1-5,8,13,15,20H,6-7,9-12H2,(H,21,24). The molecule has 1 saturated carbocycles. The van der Waals surface area contributed by atoms with Crippen molar-refractivity contribution in [3.05, 3.63) is 59.4 Å². The molecule has 0 radical (unpaired) electrons. The number of hydrogen-bond acceptors (Lipinski definition) is 3. The van der Waals surface area contributed by atoms with Crippen molar-refractivity contribution in [1.82, 2.24) is 20.4 Å². The van der Waals surface area contributed by atoms with E-state index in [1.807, 2.05) is 35.0 Å². The van der Waals surface area contributed by atoms with Crippen molar-refractivity contribution < 1.29 is 4.79 Å². The van der Waals surface area contributed by atoms with Crippen LogP contribution in [0.5, 0.6) is 0 Å². The number of para-hydroxylation sites is 1. The second-order valence-corrected chi connectivity index (χ2v) is 6.46. The fourth-order valence-corrected chi connectivity index (χ4v) is 3.18. The largest absolute Gasteiger partial charge is 0.348 e. The molecule has 124 valence electrons. The highest BCUT2D eigenvalue weighted by Gasteiger charge is 2.32. The summed E-state index contributed by atoms with van der Waals surface area (Å²) in [5, 5.41) is 10.8. The molecular weight excluding hydrogens is 300 g/mol. The number of nitrogens with zero attached hydrogens (tertiary/aromatic N) is 2. The van der Waals surface area contributed by atoms with E-state index in [1.54, 1.807) is 6.20 Å². The number of aromatic nitrogens is 2. The molecular formula is C19H22N4O. The molecule has 1 aliphatic carbocycles. The molecule has 1 aromatic carbocycles. The molecule has 5 heteroatoms. The minimum atomic E-state index is -0.0153. The SMILES string of the molecule is O=C(NCC1=CCNCC1)c1cnn(-c2ccccc2)c1C1CC1. The number of benzene rings is 1. The predicted octanol–water partition coefficient (Wildman–Crippen LogP) is 2.40. The second kappa shape index (κ2) is 6.61. The van der Waals surface area contributed by atoms with E-state index in [2.05, 4.69) is 21.8 Å². The van der Waals surface area contributed by atoms with Crippen LogP contribution in [-0.4, -0.2) is 35.3 Å². The highest BCUT2D eigenvalue weighted by Crippen LogP contribution is 2.42. The van der Waals surface area contributed by atoms with E-state index in [9.17, 15) is 4.79 Å². The third-order valence-electron chi connectivity index (χ3n) is 4.65. The van der Waals surface area contributed by atoms with Crippen LogP contribution in [0, 0.1) is 0 Å². The average Bonchev–Trinajstić information content (AvgIpc) is 3.39. The van der Waals surface area contributed by atoms with Crippen LogP contribution in [0.15, 0.2) is 48.2 Å². The lowest BCUT2D eigenvalue weighted by Gasteiger charge is -2.15. The topological polar surface area (TPSA) is 59.0 Å². The minimum absolute atomic E-state index is 0.0153. The Balaban J connectivity index is 1.55. The van der Waals surface area contributed by atoms with Crippen molar-refractivity contribution in [3.8, 4) is 5.69 Å². The molecule has 2 aliphatic rings. The molecule has 1 amide bonds. The van der Waals surface area contributed by atoms with Crippen LogP contribution in [0.25, 0.3) is 5.69 Å². The van der Waals surface area contributed by atoms with Crippen molar-refractivity contribution in [3.63, 3.8) is 0 Å². The fourth-order valence-electron chi connectivity index (χ4n) is 3.18. The Morgan fingerprint density at radius 3 is 2.83 bits per heavy atom. The summed E-state index contributed by atoms with van der Waals surface area (Å²) in [6.45, 7) is 2.51. The van der Waals surface area contributed by atoms with Crippen LogP contribution in [0.2, 0.25) is 0 Å². The van der Waals surface area contributed by atoms with Crippen molar-refractivity contribution in [2.45, 2.75) is 25.2 Å². The third kappa shape index (κ3) is 3.12. The molecule has 0 atom stereocenters. The van der Waals surface area contributed by atoms with Gasteiger partial charge in [0.1, 0.15) is 0 Å². The van der Waals surface area contributed by atoms with Crippen LogP contribution in [0.1, 0.15) is 41.2 Å². The molecule has 1 fully saturated rings. The molecule has 5 nitrogen and oxygen atoms in total. The molecule has 1 aliphatic heterocycles. The van der Waals surface area contributed by atoms with Crippen molar-refractivity contribution in [1.29, 1.82) is 0 Å². The lowest BCUT2D eigenvalue weighted by atomic mass is 10.1. The summed E-state index contributed by atoms with van der Waals surface area (Å²) in [5.74, 6) is 0.435. The Bertz CT molecular complexity index is 759. The molecule has 24 heavy (non-hydrogen) atoms. The van der Waals surface area contributed by atoms with E-state index < -0.39 is 0 Å². The van der Waals surface area contributed by atoms with Gasteiger partial charge in [0.05, 0.1) is 23.1 Å². The molecule has 0 bridgehead atoms. The van der Waals surface area contributed by atoms with E-state index in [-0.39, 0.29) is 5.91 Å². The van der Waals surface area contributed by atoms with E-state index in [0.29, 0.717) is 12.5 Å². The molecule has 0 spiro atoms. The zero-order valence-corrected chi connectivity index (χ0v) is 13.7. The number of hydrogen-bond donors (Lipinski definition) is 2. The zero-order valence-electron chi connectivity index (χ0n) is 13.7. The van der Waals surface area contributed by atoms with Gasteiger partial charge in [-0.2, -0.15) is 5.10 Å². The quantitative estimate of drug-likeness (QED) is 0.831. The molecule has 2 heterocycles. The number of carbonyl (C=O) groups is 1. The van der Waals surface area contributed by atoms with E-state index in [4.69, 9.17) is 0 Å². The van der Waals surface area contributed by atoms with Crippen LogP contribution in [0.4, 0.5) is 0 Å². The molecule has 1 aromatic heterocycles. The van der Waals surface area contributed by atoms with Gasteiger partial charge in [0.2, 0.25) is 0 Å². The van der Waals surface area contributed by atoms with Gasteiger partial charge in [0, 0.05) is 19.0 Å². The number of rotatable bonds is 5. The first-order chi connectivity index (χ1) is 11.8. The maximum absolute atomic E-state index is 12.7. The van der Waals surface area contributed by atoms with Gasteiger partial charge >= 0.3 is 0 Å². The summed E-state index contributed by atoms with van der Waals surface area (Å²) in [4.78, 5) is 12.7. The first kappa shape index (κ1) is 15.1. The van der Waals surface area contributed by atoms with Gasteiger partial charge in [-0.3, -0.25) is 4.79 Å². The Morgan fingerprint density at radius 1 is 1.29 bits per heavy atom. The average molecular weight is 322 g/mol. The Kier molecular flexibility index (Phi) is 4.17. The van der Waals surface area contributed by atoms with Gasteiger partial charge in [-0.25, -0.2) is 4.68 Å². The van der Waals surface area contributed by atoms with Crippen LogP contribution in [0.3, 0.4) is 0 Å². The minimum Gasteiger partial charge on any atom is -0.348 e. The summed E-state index contributed by atoms with van der Waals surface area (Å²) in [6, 6.07) is 10.0. The van der Waals surface area contributed by atoms with Crippen LogP contribution >= 0.6 is 0 Å². The summed E-state index contributed by atoms with van der Waals surface area (Å²) in [6.07, 6.45) is 7.15.